The number of benzene rings is 2. The number of carbonyl (C=O) groups is 2. The molecule has 2 aromatic rings. The molecule has 1 amide bonds. The maximum Gasteiger partial charge on any atom is 0.338 e. The molecular weight excluding hydrogens is 284 g/mol. The predicted octanol–water partition coefficient (Wildman–Crippen LogP) is 2.06. The van der Waals surface area contributed by atoms with Crippen LogP contribution in [-0.4, -0.2) is 23.6 Å². The lowest BCUT2D eigenvalue weighted by molar-refractivity contribution is -0.119. The number of hydrogen-bond donors (Lipinski definition) is 2. The van der Waals surface area contributed by atoms with Gasteiger partial charge in [0.05, 0.1) is 17.2 Å². The van der Waals surface area contributed by atoms with Gasteiger partial charge >= 0.3 is 5.97 Å². The number of aromatic hydroxyl groups is 1. The van der Waals surface area contributed by atoms with E-state index in [0.29, 0.717) is 11.3 Å². The lowest BCUT2D eigenvalue weighted by Crippen LogP contribution is -2.20. The zero-order valence-corrected chi connectivity index (χ0v) is 11.4. The summed E-state index contributed by atoms with van der Waals surface area (Å²) in [6.07, 6.45) is 0. The minimum Gasteiger partial charge on any atom is -0.508 e. The van der Waals surface area contributed by atoms with Gasteiger partial charge < -0.3 is 15.2 Å². The first-order valence-electron chi connectivity index (χ1n) is 6.34. The predicted molar refractivity (Wildman–Crippen MR) is 78.2 cm³/mol. The summed E-state index contributed by atoms with van der Waals surface area (Å²) < 4.78 is 4.85. The van der Waals surface area contributed by atoms with Crippen molar-refractivity contribution in [2.75, 3.05) is 11.9 Å². The van der Waals surface area contributed by atoms with Gasteiger partial charge in [-0.2, -0.15) is 5.26 Å². The molecule has 0 fully saturated rings. The molecule has 0 aliphatic carbocycles. The Bertz CT molecular complexity index is 733. The van der Waals surface area contributed by atoms with Gasteiger partial charge in [0.15, 0.2) is 6.61 Å². The van der Waals surface area contributed by atoms with E-state index in [1.54, 1.807) is 24.3 Å². The van der Waals surface area contributed by atoms with Crippen molar-refractivity contribution in [2.45, 2.75) is 0 Å². The molecule has 0 saturated carbocycles. The molecule has 6 nitrogen and oxygen atoms in total. The van der Waals surface area contributed by atoms with Crippen LogP contribution in [0.15, 0.2) is 48.5 Å². The van der Waals surface area contributed by atoms with Gasteiger partial charge in [-0.05, 0) is 42.5 Å². The van der Waals surface area contributed by atoms with Crippen molar-refractivity contribution in [1.82, 2.24) is 0 Å². The van der Waals surface area contributed by atoms with Gasteiger partial charge in [-0.15, -0.1) is 0 Å². The molecule has 0 saturated heterocycles. The first-order chi connectivity index (χ1) is 10.6. The maximum absolute atomic E-state index is 11.7. The Balaban J connectivity index is 1.87. The van der Waals surface area contributed by atoms with E-state index in [1.165, 1.54) is 24.3 Å². The van der Waals surface area contributed by atoms with Gasteiger partial charge in [0.2, 0.25) is 0 Å². The van der Waals surface area contributed by atoms with Gasteiger partial charge in [0, 0.05) is 5.69 Å². The monoisotopic (exact) mass is 296 g/mol. The van der Waals surface area contributed by atoms with Crippen LogP contribution < -0.4 is 5.32 Å². The topological polar surface area (TPSA) is 99.4 Å². The number of nitriles is 1. The highest BCUT2D eigenvalue weighted by Gasteiger charge is 2.10. The Kier molecular flexibility index (Phi) is 4.73. The van der Waals surface area contributed by atoms with Crippen LogP contribution in [-0.2, 0) is 9.53 Å². The summed E-state index contributed by atoms with van der Waals surface area (Å²) >= 11 is 0. The van der Waals surface area contributed by atoms with E-state index in [9.17, 15) is 14.7 Å². The lowest BCUT2D eigenvalue weighted by atomic mass is 10.2. The highest BCUT2D eigenvalue weighted by molar-refractivity contribution is 5.95. The fourth-order valence-electron chi connectivity index (χ4n) is 1.67. The zero-order chi connectivity index (χ0) is 15.9. The molecule has 22 heavy (non-hydrogen) atoms. The summed E-state index contributed by atoms with van der Waals surface area (Å²) in [7, 11) is 0. The van der Waals surface area contributed by atoms with Gasteiger partial charge in [0.1, 0.15) is 5.75 Å². The largest absolute Gasteiger partial charge is 0.508 e. The third-order valence-electron chi connectivity index (χ3n) is 2.71. The number of ether oxygens (including phenoxy) is 1. The van der Waals surface area contributed by atoms with Gasteiger partial charge in [-0.3, -0.25) is 4.79 Å². The molecule has 0 heterocycles. The van der Waals surface area contributed by atoms with Crippen LogP contribution >= 0.6 is 0 Å². The van der Waals surface area contributed by atoms with E-state index in [4.69, 9.17) is 10.00 Å². The highest BCUT2D eigenvalue weighted by Crippen LogP contribution is 2.12. The fraction of sp³-hybridized carbons (Fsp3) is 0.0625. The molecule has 2 aromatic carbocycles. The van der Waals surface area contributed by atoms with Gasteiger partial charge in [-0.25, -0.2) is 4.79 Å². The van der Waals surface area contributed by atoms with Gasteiger partial charge in [0.25, 0.3) is 5.91 Å². The second kappa shape index (κ2) is 6.90. The average Bonchev–Trinajstić information content (AvgIpc) is 2.53. The first-order valence-corrected chi connectivity index (χ1v) is 6.34. The fourth-order valence-corrected chi connectivity index (χ4v) is 1.67. The summed E-state index contributed by atoms with van der Waals surface area (Å²) in [5, 5.41) is 20.5. The second-order valence-electron chi connectivity index (χ2n) is 4.36. The van der Waals surface area contributed by atoms with Crippen molar-refractivity contribution in [1.29, 1.82) is 5.26 Å². The normalized spacial score (nSPS) is 9.59. The summed E-state index contributed by atoms with van der Waals surface area (Å²) in [6.45, 7) is -0.450. The lowest BCUT2D eigenvalue weighted by Gasteiger charge is -2.07. The van der Waals surface area contributed by atoms with Crippen molar-refractivity contribution in [2.24, 2.45) is 0 Å². The molecule has 0 unspecified atom stereocenters. The van der Waals surface area contributed by atoms with E-state index < -0.39 is 18.5 Å². The Morgan fingerprint density at radius 1 is 1.18 bits per heavy atom. The quantitative estimate of drug-likeness (QED) is 0.841. The van der Waals surface area contributed by atoms with Crippen molar-refractivity contribution >= 4 is 17.6 Å². The van der Waals surface area contributed by atoms with Crippen molar-refractivity contribution < 1.29 is 19.4 Å². The minimum atomic E-state index is -0.703. The molecule has 0 spiro atoms. The van der Waals surface area contributed by atoms with E-state index in [2.05, 4.69) is 5.32 Å². The van der Waals surface area contributed by atoms with Crippen LogP contribution in [0.1, 0.15) is 15.9 Å². The van der Waals surface area contributed by atoms with E-state index in [0.717, 1.165) is 0 Å². The van der Waals surface area contributed by atoms with Crippen LogP contribution in [0.3, 0.4) is 0 Å². The van der Waals surface area contributed by atoms with Crippen LogP contribution in [0.2, 0.25) is 0 Å². The molecule has 6 heteroatoms. The zero-order valence-electron chi connectivity index (χ0n) is 11.4. The SMILES string of the molecule is N#Cc1ccc(NC(=O)COC(=O)c2cccc(O)c2)cc1. The average molecular weight is 296 g/mol. The van der Waals surface area contributed by atoms with Crippen molar-refractivity contribution in [3.8, 4) is 11.8 Å². The molecule has 2 rings (SSSR count). The molecule has 0 aliphatic rings. The molecule has 0 radical (unpaired) electrons. The summed E-state index contributed by atoms with van der Waals surface area (Å²) in [4.78, 5) is 23.4. The third kappa shape index (κ3) is 4.08. The van der Waals surface area contributed by atoms with Crippen molar-refractivity contribution in [3.63, 3.8) is 0 Å². The number of anilines is 1. The van der Waals surface area contributed by atoms with Crippen molar-refractivity contribution in [3.05, 3.63) is 59.7 Å². The number of phenols is 1. The van der Waals surface area contributed by atoms with Gasteiger partial charge in [-0.1, -0.05) is 6.07 Å². The first kappa shape index (κ1) is 15.1. The van der Waals surface area contributed by atoms with Crippen LogP contribution in [0.4, 0.5) is 5.69 Å². The number of carbonyl (C=O) groups excluding carboxylic acids is 2. The Morgan fingerprint density at radius 2 is 1.91 bits per heavy atom. The molecular formula is C16H12N2O4. The van der Waals surface area contributed by atoms with Crippen LogP contribution in [0.25, 0.3) is 0 Å². The summed E-state index contributed by atoms with van der Waals surface area (Å²) in [5.74, 6) is -1.26. The molecule has 0 aliphatic heterocycles. The van der Waals surface area contributed by atoms with Crippen LogP contribution in [0.5, 0.6) is 5.75 Å². The van der Waals surface area contributed by atoms with Crippen LogP contribution in [0, 0.1) is 11.3 Å². The Morgan fingerprint density at radius 3 is 2.55 bits per heavy atom. The summed E-state index contributed by atoms with van der Waals surface area (Å²) in [6, 6.07) is 13.9. The molecule has 0 aromatic heterocycles. The number of rotatable bonds is 4. The van der Waals surface area contributed by atoms with E-state index in [-0.39, 0.29) is 11.3 Å². The number of nitrogens with zero attached hydrogens (tertiary/aromatic N) is 1. The maximum atomic E-state index is 11.7. The molecule has 0 bridgehead atoms. The number of nitrogens with one attached hydrogen (secondary N) is 1. The number of phenolic OH excluding ortho intramolecular Hbond substituents is 1. The smallest absolute Gasteiger partial charge is 0.338 e. The number of hydrogen-bond acceptors (Lipinski definition) is 5. The number of esters is 1. The number of amides is 1. The Hall–Kier alpha value is -3.33. The molecule has 2 N–H and O–H groups in total. The standard InChI is InChI=1S/C16H12N2O4/c17-9-11-4-6-13(7-5-11)18-15(20)10-22-16(21)12-2-1-3-14(19)8-12/h1-8,19H,10H2,(H,18,20). The molecule has 110 valence electrons. The highest BCUT2D eigenvalue weighted by atomic mass is 16.5. The Labute approximate surface area is 126 Å². The summed E-state index contributed by atoms with van der Waals surface area (Å²) in [5.41, 5.74) is 1.14. The van der Waals surface area contributed by atoms with E-state index in [1.807, 2.05) is 6.07 Å². The molecule has 0 atom stereocenters. The van der Waals surface area contributed by atoms with E-state index >= 15 is 0 Å². The second-order valence-corrected chi connectivity index (χ2v) is 4.36. The third-order valence-corrected chi connectivity index (χ3v) is 2.71. The minimum absolute atomic E-state index is 0.0588.